The van der Waals surface area contributed by atoms with Gasteiger partial charge in [-0.3, -0.25) is 0 Å². The van der Waals surface area contributed by atoms with Crippen LogP contribution < -0.4 is 0 Å². The molecule has 2 nitrogen and oxygen atoms in total. The predicted molar refractivity (Wildman–Crippen MR) is 57.8 cm³/mol. The summed E-state index contributed by atoms with van der Waals surface area (Å²) in [5, 5.41) is 19.1. The minimum absolute atomic E-state index is 0.0133. The molecule has 2 N–H and O–H groups in total. The molecule has 0 aliphatic carbocycles. The summed E-state index contributed by atoms with van der Waals surface area (Å²) in [5.41, 5.74) is 1.96. The molecule has 0 fully saturated rings. The fourth-order valence-electron chi connectivity index (χ4n) is 1.64. The predicted octanol–water partition coefficient (Wildman–Crippen LogP) is 3.00. The molecule has 0 saturated carbocycles. The molecule has 0 amide bonds. The van der Waals surface area contributed by atoms with Crippen LogP contribution in [0.4, 0.5) is 0 Å². The van der Waals surface area contributed by atoms with Gasteiger partial charge in [-0.05, 0) is 30.0 Å². The zero-order valence-electron chi connectivity index (χ0n) is 8.88. The van der Waals surface area contributed by atoms with Crippen LogP contribution in [-0.4, -0.2) is 10.2 Å². The number of aryl methyl sites for hydroxylation is 2. The molecule has 0 heterocycles. The molecule has 0 unspecified atom stereocenters. The maximum Gasteiger partial charge on any atom is 0.160 e. The zero-order chi connectivity index (χ0) is 10.6. The summed E-state index contributed by atoms with van der Waals surface area (Å²) in [7, 11) is 0. The Morgan fingerprint density at radius 2 is 1.64 bits per heavy atom. The van der Waals surface area contributed by atoms with Crippen LogP contribution in [0.15, 0.2) is 12.1 Å². The van der Waals surface area contributed by atoms with E-state index in [0.29, 0.717) is 0 Å². The van der Waals surface area contributed by atoms with Gasteiger partial charge in [0.1, 0.15) is 0 Å². The van der Waals surface area contributed by atoms with Gasteiger partial charge in [0.25, 0.3) is 0 Å². The second-order valence-electron chi connectivity index (χ2n) is 3.62. The first kappa shape index (κ1) is 10.9. The Hall–Kier alpha value is -1.18. The van der Waals surface area contributed by atoms with Crippen LogP contribution in [0.25, 0.3) is 0 Å². The highest BCUT2D eigenvalue weighted by Crippen LogP contribution is 2.31. The molecule has 0 bridgehead atoms. The van der Waals surface area contributed by atoms with Crippen molar-refractivity contribution >= 4 is 0 Å². The highest BCUT2D eigenvalue weighted by Gasteiger charge is 2.07. The fourth-order valence-corrected chi connectivity index (χ4v) is 1.64. The van der Waals surface area contributed by atoms with Crippen LogP contribution in [0.5, 0.6) is 11.5 Å². The smallest absolute Gasteiger partial charge is 0.160 e. The Labute approximate surface area is 85.2 Å². The van der Waals surface area contributed by atoms with E-state index >= 15 is 0 Å². The zero-order valence-corrected chi connectivity index (χ0v) is 8.88. The molecule has 0 aliphatic heterocycles. The minimum Gasteiger partial charge on any atom is -0.504 e. The van der Waals surface area contributed by atoms with Crippen LogP contribution in [0.3, 0.4) is 0 Å². The Kier molecular flexibility index (Phi) is 3.81. The molecular formula is C12H18O2. The average Bonchev–Trinajstić information content (AvgIpc) is 2.14. The Morgan fingerprint density at radius 3 is 2.21 bits per heavy atom. The van der Waals surface area contributed by atoms with Gasteiger partial charge in [0.05, 0.1) is 0 Å². The van der Waals surface area contributed by atoms with E-state index in [9.17, 15) is 10.2 Å². The molecule has 2 heteroatoms. The standard InChI is InChI=1S/C12H18O2/c1-3-5-9-7-10(6-4-2)12(14)11(13)8-9/h7-8,13-14H,3-6H2,1-2H3. The molecule has 1 aromatic carbocycles. The largest absolute Gasteiger partial charge is 0.504 e. The van der Waals surface area contributed by atoms with E-state index in [4.69, 9.17) is 0 Å². The summed E-state index contributed by atoms with van der Waals surface area (Å²) in [6, 6.07) is 3.64. The highest BCUT2D eigenvalue weighted by atomic mass is 16.3. The van der Waals surface area contributed by atoms with Gasteiger partial charge >= 0.3 is 0 Å². The molecule has 0 spiro atoms. The lowest BCUT2D eigenvalue weighted by Gasteiger charge is -2.08. The quantitative estimate of drug-likeness (QED) is 0.723. The van der Waals surface area contributed by atoms with Gasteiger partial charge in [-0.15, -0.1) is 0 Å². The summed E-state index contributed by atoms with van der Waals surface area (Å²) < 4.78 is 0. The summed E-state index contributed by atoms with van der Waals surface area (Å²) in [5.74, 6) is 0.0612. The van der Waals surface area contributed by atoms with Crippen LogP contribution >= 0.6 is 0 Å². The maximum atomic E-state index is 9.57. The van der Waals surface area contributed by atoms with Crippen molar-refractivity contribution in [3.05, 3.63) is 23.3 Å². The lowest BCUT2D eigenvalue weighted by molar-refractivity contribution is 0.398. The minimum atomic E-state index is 0.0133. The van der Waals surface area contributed by atoms with Crippen molar-refractivity contribution in [1.82, 2.24) is 0 Å². The number of aromatic hydroxyl groups is 2. The van der Waals surface area contributed by atoms with E-state index in [2.05, 4.69) is 13.8 Å². The van der Waals surface area contributed by atoms with Gasteiger partial charge < -0.3 is 10.2 Å². The second kappa shape index (κ2) is 4.89. The van der Waals surface area contributed by atoms with Gasteiger partial charge in [-0.2, -0.15) is 0 Å². The molecule has 0 radical (unpaired) electrons. The first-order valence-corrected chi connectivity index (χ1v) is 5.22. The summed E-state index contributed by atoms with van der Waals surface area (Å²) in [6.45, 7) is 4.16. The molecule has 0 atom stereocenters. The third-order valence-electron chi connectivity index (χ3n) is 2.29. The van der Waals surface area contributed by atoms with Crippen LogP contribution in [0.2, 0.25) is 0 Å². The van der Waals surface area contributed by atoms with Gasteiger partial charge in [-0.1, -0.05) is 32.8 Å². The van der Waals surface area contributed by atoms with Crippen molar-refractivity contribution in [3.63, 3.8) is 0 Å². The SMILES string of the molecule is CCCc1cc(O)c(O)c(CCC)c1. The topological polar surface area (TPSA) is 40.5 Å². The van der Waals surface area contributed by atoms with E-state index in [-0.39, 0.29) is 11.5 Å². The number of rotatable bonds is 4. The maximum absolute atomic E-state index is 9.57. The summed E-state index contributed by atoms with van der Waals surface area (Å²) in [6.07, 6.45) is 3.79. The lowest BCUT2D eigenvalue weighted by Crippen LogP contribution is -1.90. The van der Waals surface area contributed by atoms with Crippen molar-refractivity contribution in [2.75, 3.05) is 0 Å². The molecule has 0 saturated heterocycles. The average molecular weight is 194 g/mol. The molecular weight excluding hydrogens is 176 g/mol. The summed E-state index contributed by atoms with van der Waals surface area (Å²) >= 11 is 0. The van der Waals surface area contributed by atoms with E-state index in [1.54, 1.807) is 6.07 Å². The van der Waals surface area contributed by atoms with Crippen LogP contribution in [-0.2, 0) is 12.8 Å². The van der Waals surface area contributed by atoms with Gasteiger partial charge in [0, 0.05) is 0 Å². The van der Waals surface area contributed by atoms with Gasteiger partial charge in [0.15, 0.2) is 11.5 Å². The third kappa shape index (κ3) is 2.41. The number of phenols is 2. The van der Waals surface area contributed by atoms with Crippen molar-refractivity contribution in [2.45, 2.75) is 39.5 Å². The van der Waals surface area contributed by atoms with Gasteiger partial charge in [0.2, 0.25) is 0 Å². The molecule has 14 heavy (non-hydrogen) atoms. The summed E-state index contributed by atoms with van der Waals surface area (Å²) in [4.78, 5) is 0. The van der Waals surface area contributed by atoms with Crippen molar-refractivity contribution in [1.29, 1.82) is 0 Å². The van der Waals surface area contributed by atoms with Crippen molar-refractivity contribution in [3.8, 4) is 11.5 Å². The number of hydrogen-bond acceptors (Lipinski definition) is 2. The van der Waals surface area contributed by atoms with E-state index < -0.39 is 0 Å². The fraction of sp³-hybridized carbons (Fsp3) is 0.500. The highest BCUT2D eigenvalue weighted by molar-refractivity contribution is 5.47. The van der Waals surface area contributed by atoms with Crippen LogP contribution in [0.1, 0.15) is 37.8 Å². The Balaban J connectivity index is 3.01. The van der Waals surface area contributed by atoms with E-state index in [0.717, 1.165) is 36.8 Å². The normalized spacial score (nSPS) is 10.4. The van der Waals surface area contributed by atoms with Crippen LogP contribution in [0, 0.1) is 0 Å². The molecule has 78 valence electrons. The third-order valence-corrected chi connectivity index (χ3v) is 2.29. The second-order valence-corrected chi connectivity index (χ2v) is 3.62. The number of hydrogen-bond donors (Lipinski definition) is 2. The lowest BCUT2D eigenvalue weighted by atomic mass is 10.0. The van der Waals surface area contributed by atoms with Crippen molar-refractivity contribution in [2.24, 2.45) is 0 Å². The number of benzene rings is 1. The molecule has 1 rings (SSSR count). The molecule has 0 aromatic heterocycles. The van der Waals surface area contributed by atoms with Gasteiger partial charge in [-0.25, -0.2) is 0 Å². The Bertz CT molecular complexity index is 305. The first-order valence-electron chi connectivity index (χ1n) is 5.22. The first-order chi connectivity index (χ1) is 6.69. The van der Waals surface area contributed by atoms with Crippen molar-refractivity contribution < 1.29 is 10.2 Å². The van der Waals surface area contributed by atoms with E-state index in [1.807, 2.05) is 6.07 Å². The molecule has 1 aromatic rings. The van der Waals surface area contributed by atoms with E-state index in [1.165, 1.54) is 0 Å². The molecule has 0 aliphatic rings. The Morgan fingerprint density at radius 1 is 1.00 bits per heavy atom. The number of phenolic OH excluding ortho intramolecular Hbond substituents is 2. The monoisotopic (exact) mass is 194 g/mol.